The van der Waals surface area contributed by atoms with Gasteiger partial charge in [-0.1, -0.05) is 42.1 Å². The van der Waals surface area contributed by atoms with Crippen LogP contribution in [0, 0.1) is 3.57 Å². The number of amides is 2. The fourth-order valence-electron chi connectivity index (χ4n) is 2.61. The van der Waals surface area contributed by atoms with Crippen molar-refractivity contribution in [1.29, 1.82) is 0 Å². The molecule has 1 aromatic heterocycles. The van der Waals surface area contributed by atoms with Crippen LogP contribution in [0.1, 0.15) is 11.3 Å². The minimum Gasteiger partial charge on any atom is -0.450 e. The molecule has 1 fully saturated rings. The van der Waals surface area contributed by atoms with E-state index in [4.69, 9.17) is 4.42 Å². The van der Waals surface area contributed by atoms with E-state index in [0.29, 0.717) is 10.7 Å². The van der Waals surface area contributed by atoms with Crippen LogP contribution in [0.2, 0.25) is 0 Å². The smallest absolute Gasteiger partial charge is 0.293 e. The fraction of sp³-hybridized carbons (Fsp3) is 0.0476. The molecule has 2 aromatic carbocycles. The number of furan rings is 1. The van der Waals surface area contributed by atoms with E-state index >= 15 is 0 Å². The third kappa shape index (κ3) is 4.53. The molecule has 28 heavy (non-hydrogen) atoms. The molecule has 0 unspecified atom stereocenters. The summed E-state index contributed by atoms with van der Waals surface area (Å²) in [5, 5.41) is 0.468. The van der Waals surface area contributed by atoms with E-state index in [9.17, 15) is 9.59 Å². The molecule has 0 N–H and O–H groups in total. The summed E-state index contributed by atoms with van der Waals surface area (Å²) in [6.45, 7) is 0.270. The van der Waals surface area contributed by atoms with Gasteiger partial charge in [0, 0.05) is 14.5 Å². The van der Waals surface area contributed by atoms with Gasteiger partial charge >= 0.3 is 0 Å². The van der Waals surface area contributed by atoms with Crippen molar-refractivity contribution in [1.82, 2.24) is 4.90 Å². The number of rotatable bonds is 5. The van der Waals surface area contributed by atoms with Crippen LogP contribution in [0.5, 0.6) is 0 Å². The summed E-state index contributed by atoms with van der Waals surface area (Å²) in [4.78, 5) is 27.7. The first-order chi connectivity index (χ1) is 13.6. The molecule has 2 amide bonds. The van der Waals surface area contributed by atoms with Gasteiger partial charge in [-0.05, 0) is 76.3 Å². The van der Waals surface area contributed by atoms with Crippen LogP contribution in [0.15, 0.2) is 86.0 Å². The van der Waals surface area contributed by atoms with Crippen molar-refractivity contribution in [2.75, 3.05) is 0 Å². The number of nitrogens with zero attached hydrogens (tertiary/aromatic N) is 1. The first-order valence-electron chi connectivity index (χ1n) is 8.41. The van der Waals surface area contributed by atoms with Crippen molar-refractivity contribution in [3.05, 3.63) is 86.5 Å². The van der Waals surface area contributed by atoms with Crippen molar-refractivity contribution in [3.63, 3.8) is 0 Å². The maximum atomic E-state index is 12.7. The molecule has 7 heteroatoms. The Morgan fingerprint density at radius 1 is 1.00 bits per heavy atom. The molecule has 2 heterocycles. The number of carbonyl (C=O) groups excluding carboxylic acids is 2. The fourth-order valence-corrected chi connectivity index (χ4v) is 4.59. The van der Waals surface area contributed by atoms with Crippen molar-refractivity contribution < 1.29 is 14.0 Å². The Kier molecular flexibility index (Phi) is 5.93. The first-order valence-corrected chi connectivity index (χ1v) is 11.1. The van der Waals surface area contributed by atoms with Crippen LogP contribution in [0.4, 0.5) is 4.79 Å². The minimum absolute atomic E-state index is 0.264. The Morgan fingerprint density at radius 3 is 2.50 bits per heavy atom. The summed E-state index contributed by atoms with van der Waals surface area (Å²) >= 11 is 4.67. The first kappa shape index (κ1) is 19.4. The maximum absolute atomic E-state index is 12.7. The van der Waals surface area contributed by atoms with Crippen LogP contribution < -0.4 is 0 Å². The molecule has 0 saturated carbocycles. The van der Waals surface area contributed by atoms with Gasteiger partial charge in [0.2, 0.25) is 0 Å². The average Bonchev–Trinajstić information content (AvgIpc) is 3.24. The zero-order valence-electron chi connectivity index (χ0n) is 14.5. The number of hydrogen-bond acceptors (Lipinski definition) is 5. The maximum Gasteiger partial charge on any atom is 0.293 e. The van der Waals surface area contributed by atoms with Gasteiger partial charge in [0.1, 0.15) is 5.76 Å². The largest absolute Gasteiger partial charge is 0.450 e. The second-order valence-electron chi connectivity index (χ2n) is 5.97. The van der Waals surface area contributed by atoms with Gasteiger partial charge < -0.3 is 4.42 Å². The highest BCUT2D eigenvalue weighted by Gasteiger charge is 2.35. The van der Waals surface area contributed by atoms with Crippen LogP contribution in [-0.2, 0) is 11.3 Å². The standard InChI is InChI=1S/C21H14INO3S2/c22-15-8-6-14(7-9-15)13-23-20(24)18(28-21(23)25)12-16-10-11-19(26-16)27-17-4-2-1-3-5-17/h1-12H,13H2/b18-12-. The van der Waals surface area contributed by atoms with Crippen molar-refractivity contribution in [2.45, 2.75) is 16.5 Å². The third-order valence-electron chi connectivity index (χ3n) is 3.96. The summed E-state index contributed by atoms with van der Waals surface area (Å²) in [5.41, 5.74) is 0.920. The molecule has 0 aliphatic carbocycles. The molecule has 0 atom stereocenters. The second kappa shape index (κ2) is 8.59. The minimum atomic E-state index is -0.290. The van der Waals surface area contributed by atoms with Gasteiger partial charge in [-0.2, -0.15) is 0 Å². The van der Waals surface area contributed by atoms with E-state index in [2.05, 4.69) is 22.6 Å². The van der Waals surface area contributed by atoms with Crippen molar-refractivity contribution in [2.24, 2.45) is 0 Å². The molecule has 0 spiro atoms. The lowest BCUT2D eigenvalue weighted by Crippen LogP contribution is -2.27. The van der Waals surface area contributed by atoms with Gasteiger partial charge in [0.15, 0.2) is 5.09 Å². The molecule has 4 nitrogen and oxygen atoms in total. The lowest BCUT2D eigenvalue weighted by atomic mass is 10.2. The molecule has 3 aromatic rings. The van der Waals surface area contributed by atoms with Gasteiger partial charge in [0.25, 0.3) is 11.1 Å². The van der Waals surface area contributed by atoms with Gasteiger partial charge in [-0.15, -0.1) is 0 Å². The molecule has 140 valence electrons. The zero-order valence-corrected chi connectivity index (χ0v) is 18.3. The summed E-state index contributed by atoms with van der Waals surface area (Å²) in [6, 6.07) is 21.3. The number of benzene rings is 2. The molecule has 4 rings (SSSR count). The van der Waals surface area contributed by atoms with Crippen LogP contribution in [0.25, 0.3) is 6.08 Å². The highest BCUT2D eigenvalue weighted by Crippen LogP contribution is 2.35. The summed E-state index contributed by atoms with van der Waals surface area (Å²) in [5.74, 6) is 0.264. The van der Waals surface area contributed by atoms with E-state index in [1.54, 1.807) is 12.1 Å². The molecule has 1 aliphatic heterocycles. The number of imide groups is 1. The van der Waals surface area contributed by atoms with Crippen molar-refractivity contribution >= 4 is 63.3 Å². The number of hydrogen-bond donors (Lipinski definition) is 0. The van der Waals surface area contributed by atoms with Crippen LogP contribution >= 0.6 is 46.1 Å². The predicted octanol–water partition coefficient (Wildman–Crippen LogP) is 6.27. The highest BCUT2D eigenvalue weighted by molar-refractivity contribution is 14.1. The van der Waals surface area contributed by atoms with Gasteiger partial charge in [-0.3, -0.25) is 14.5 Å². The number of thioether (sulfide) groups is 1. The third-order valence-corrected chi connectivity index (χ3v) is 6.52. The van der Waals surface area contributed by atoms with Gasteiger partial charge in [0.05, 0.1) is 11.4 Å². The molecular weight excluding hydrogens is 505 g/mol. The number of carbonyl (C=O) groups is 2. The van der Waals surface area contributed by atoms with Crippen LogP contribution in [0.3, 0.4) is 0 Å². The van der Waals surface area contributed by atoms with E-state index in [-0.39, 0.29) is 17.7 Å². The lowest BCUT2D eigenvalue weighted by molar-refractivity contribution is -0.123. The highest BCUT2D eigenvalue weighted by atomic mass is 127. The summed E-state index contributed by atoms with van der Waals surface area (Å²) < 4.78 is 6.90. The normalized spacial score (nSPS) is 15.6. The predicted molar refractivity (Wildman–Crippen MR) is 120 cm³/mol. The Balaban J connectivity index is 1.47. The molecule has 1 saturated heterocycles. The van der Waals surface area contributed by atoms with E-state index in [0.717, 1.165) is 30.9 Å². The average molecular weight is 519 g/mol. The number of halogens is 1. The summed E-state index contributed by atoms with van der Waals surface area (Å²) in [6.07, 6.45) is 1.63. The lowest BCUT2D eigenvalue weighted by Gasteiger charge is -2.12. The molecule has 0 radical (unpaired) electrons. The van der Waals surface area contributed by atoms with E-state index < -0.39 is 0 Å². The Labute approximate surface area is 184 Å². The van der Waals surface area contributed by atoms with Crippen molar-refractivity contribution in [3.8, 4) is 0 Å². The second-order valence-corrected chi connectivity index (χ2v) is 9.28. The monoisotopic (exact) mass is 519 g/mol. The molecule has 0 bridgehead atoms. The quantitative estimate of drug-likeness (QED) is 0.294. The topological polar surface area (TPSA) is 50.5 Å². The Hall–Kier alpha value is -1.97. The SMILES string of the molecule is O=C1S/C(=C\c2ccc(Sc3ccccc3)o2)C(=O)N1Cc1ccc(I)cc1. The molecule has 1 aliphatic rings. The van der Waals surface area contributed by atoms with Gasteiger partial charge in [-0.25, -0.2) is 0 Å². The van der Waals surface area contributed by atoms with Crippen LogP contribution in [-0.4, -0.2) is 16.0 Å². The van der Waals surface area contributed by atoms with E-state index in [1.165, 1.54) is 16.7 Å². The van der Waals surface area contributed by atoms with E-state index in [1.807, 2.05) is 60.7 Å². The Morgan fingerprint density at radius 2 is 1.75 bits per heavy atom. The zero-order chi connectivity index (χ0) is 19.5. The molecular formula is C21H14INO3S2. The Bertz CT molecular complexity index is 1050. The summed E-state index contributed by atoms with van der Waals surface area (Å²) in [7, 11) is 0.